The Morgan fingerprint density at radius 2 is 1.53 bits per heavy atom. The highest BCUT2D eigenvalue weighted by atomic mass is 32.2. The van der Waals surface area contributed by atoms with Crippen LogP contribution in [0.25, 0.3) is 0 Å². The zero-order valence-corrected chi connectivity index (χ0v) is 21.1. The molecular formula is C25H24N2O10S. The Morgan fingerprint density at radius 1 is 0.947 bits per heavy atom. The summed E-state index contributed by atoms with van der Waals surface area (Å²) in [5.74, 6) is -1.53. The molecule has 1 fully saturated rings. The topological polar surface area (TPSA) is 160 Å². The monoisotopic (exact) mass is 544 g/mol. The molecule has 2 aromatic carbocycles. The molecule has 1 saturated heterocycles. The van der Waals surface area contributed by atoms with Gasteiger partial charge in [0.05, 0.1) is 17.4 Å². The quantitative estimate of drug-likeness (QED) is 0.322. The van der Waals surface area contributed by atoms with Crippen LogP contribution in [0.15, 0.2) is 76.4 Å². The number of hydrogen-bond donors (Lipinski definition) is 1. The Morgan fingerprint density at radius 3 is 2.11 bits per heavy atom. The number of nitrogens with zero attached hydrogens (tertiary/aromatic N) is 1. The van der Waals surface area contributed by atoms with Gasteiger partial charge in [0, 0.05) is 11.8 Å². The highest BCUT2D eigenvalue weighted by molar-refractivity contribution is 7.86. The lowest BCUT2D eigenvalue weighted by molar-refractivity contribution is -0.0602. The molecule has 13 heteroatoms. The van der Waals surface area contributed by atoms with Gasteiger partial charge in [-0.25, -0.2) is 14.4 Å². The molecule has 1 aliphatic rings. The molecule has 1 N–H and O–H groups in total. The van der Waals surface area contributed by atoms with Gasteiger partial charge in [-0.3, -0.25) is 18.5 Å². The summed E-state index contributed by atoms with van der Waals surface area (Å²) in [6, 6.07) is 16.0. The van der Waals surface area contributed by atoms with E-state index in [1.165, 1.54) is 37.4 Å². The first-order chi connectivity index (χ1) is 18.0. The zero-order valence-electron chi connectivity index (χ0n) is 20.3. The molecule has 4 rings (SSSR count). The van der Waals surface area contributed by atoms with Crippen molar-refractivity contribution in [2.75, 3.05) is 12.9 Å². The van der Waals surface area contributed by atoms with Crippen molar-refractivity contribution in [1.82, 2.24) is 9.55 Å². The first-order valence-electron chi connectivity index (χ1n) is 11.4. The Bertz CT molecular complexity index is 1530. The van der Waals surface area contributed by atoms with Gasteiger partial charge < -0.3 is 14.2 Å². The molecule has 0 saturated carbocycles. The second-order valence-corrected chi connectivity index (χ2v) is 10.1. The lowest BCUT2D eigenvalue weighted by Gasteiger charge is -2.24. The molecule has 0 aliphatic carbocycles. The van der Waals surface area contributed by atoms with E-state index in [9.17, 15) is 27.6 Å². The maximum atomic E-state index is 12.9. The van der Waals surface area contributed by atoms with E-state index in [0.717, 1.165) is 10.8 Å². The summed E-state index contributed by atoms with van der Waals surface area (Å²) in [6.45, 7) is 0.958. The second kappa shape index (κ2) is 11.1. The third kappa shape index (κ3) is 6.25. The van der Waals surface area contributed by atoms with Crippen molar-refractivity contribution in [3.63, 3.8) is 0 Å². The number of ether oxygens (including phenoxy) is 3. The Labute approximate surface area is 216 Å². The summed E-state index contributed by atoms with van der Waals surface area (Å²) in [7, 11) is -4.18. The molecule has 0 amide bonds. The normalized spacial score (nSPS) is 21.1. The number of hydrogen-bond acceptors (Lipinski definition) is 10. The highest BCUT2D eigenvalue weighted by Crippen LogP contribution is 2.35. The predicted molar refractivity (Wildman–Crippen MR) is 132 cm³/mol. The average molecular weight is 545 g/mol. The van der Waals surface area contributed by atoms with Gasteiger partial charge in [0.15, 0.2) is 18.4 Å². The minimum absolute atomic E-state index is 0.128. The van der Waals surface area contributed by atoms with Crippen molar-refractivity contribution in [3.8, 4) is 0 Å². The molecule has 0 bridgehead atoms. The van der Waals surface area contributed by atoms with Crippen LogP contribution < -0.4 is 11.2 Å². The first kappa shape index (κ1) is 27.0. The van der Waals surface area contributed by atoms with Gasteiger partial charge in [-0.05, 0) is 31.2 Å². The zero-order chi connectivity index (χ0) is 27.4. The lowest BCUT2D eigenvalue weighted by atomic mass is 10.1. The molecule has 4 atom stereocenters. The van der Waals surface area contributed by atoms with E-state index in [2.05, 4.69) is 4.98 Å². The predicted octanol–water partition coefficient (Wildman–Crippen LogP) is 1.17. The van der Waals surface area contributed by atoms with Crippen molar-refractivity contribution in [2.24, 2.45) is 0 Å². The number of nitrogens with one attached hydrogen (secondary N) is 1. The van der Waals surface area contributed by atoms with E-state index in [1.54, 1.807) is 36.4 Å². The van der Waals surface area contributed by atoms with Gasteiger partial charge in [0.2, 0.25) is 0 Å². The molecule has 38 heavy (non-hydrogen) atoms. The van der Waals surface area contributed by atoms with Crippen LogP contribution in [0.2, 0.25) is 0 Å². The molecule has 1 aromatic heterocycles. The number of rotatable bonds is 8. The standard InChI is InChI=1S/C25H24N2O10S/c1-15-13-27(25(31)26-21(15)28)22-20(37-38(2,32)33)19(36-24(30)17-11-7-4-8-12-17)18(35-22)14-34-23(29)16-9-5-3-6-10-16/h3-13,18-20,22H,14H2,1-2H3,(H,26,28,31)/t18-,19+,20-,22-/m1/s1. The summed E-state index contributed by atoms with van der Waals surface area (Å²) in [5, 5.41) is 0. The number of aryl methyl sites for hydroxylation is 1. The maximum absolute atomic E-state index is 12.9. The van der Waals surface area contributed by atoms with Gasteiger partial charge >= 0.3 is 17.6 Å². The number of carbonyl (C=O) groups excluding carboxylic acids is 2. The number of aromatic amines is 1. The summed E-state index contributed by atoms with van der Waals surface area (Å²) < 4.78 is 47.4. The molecular weight excluding hydrogens is 520 g/mol. The number of esters is 2. The minimum Gasteiger partial charge on any atom is -0.459 e. The van der Waals surface area contributed by atoms with Crippen LogP contribution in [0.1, 0.15) is 32.5 Å². The minimum atomic E-state index is -4.18. The van der Waals surface area contributed by atoms with Gasteiger partial charge in [-0.2, -0.15) is 8.42 Å². The Balaban J connectivity index is 1.71. The number of carbonyl (C=O) groups is 2. The van der Waals surface area contributed by atoms with E-state index in [1.807, 2.05) is 0 Å². The maximum Gasteiger partial charge on any atom is 0.338 e. The van der Waals surface area contributed by atoms with Gasteiger partial charge in [-0.15, -0.1) is 0 Å². The van der Waals surface area contributed by atoms with Crippen molar-refractivity contribution >= 4 is 22.1 Å². The Kier molecular flexibility index (Phi) is 7.90. The van der Waals surface area contributed by atoms with Crippen molar-refractivity contribution in [2.45, 2.75) is 31.5 Å². The van der Waals surface area contributed by atoms with E-state index >= 15 is 0 Å². The molecule has 2 heterocycles. The van der Waals surface area contributed by atoms with Crippen LogP contribution in [0.3, 0.4) is 0 Å². The molecule has 0 spiro atoms. The van der Waals surface area contributed by atoms with Crippen LogP contribution in [0.5, 0.6) is 0 Å². The fourth-order valence-electron chi connectivity index (χ4n) is 3.87. The molecule has 3 aromatic rings. The van der Waals surface area contributed by atoms with Gasteiger partial charge in [0.1, 0.15) is 12.7 Å². The van der Waals surface area contributed by atoms with Crippen LogP contribution in [-0.2, 0) is 28.5 Å². The van der Waals surface area contributed by atoms with Gasteiger partial charge in [-0.1, -0.05) is 36.4 Å². The van der Waals surface area contributed by atoms with E-state index in [-0.39, 0.29) is 16.7 Å². The highest BCUT2D eigenvalue weighted by Gasteiger charge is 2.51. The van der Waals surface area contributed by atoms with E-state index < -0.39 is 64.5 Å². The SMILES string of the molecule is Cc1cn([C@@H]2O[C@H](COC(=O)c3ccccc3)[C@H](OC(=O)c3ccccc3)[C@H]2OS(C)(=O)=O)c(=O)[nH]c1=O. The number of benzene rings is 2. The third-order valence-electron chi connectivity index (χ3n) is 5.63. The molecule has 12 nitrogen and oxygen atoms in total. The number of H-pyrrole nitrogens is 1. The van der Waals surface area contributed by atoms with E-state index in [0.29, 0.717) is 0 Å². The lowest BCUT2D eigenvalue weighted by Crippen LogP contribution is -2.43. The van der Waals surface area contributed by atoms with Gasteiger partial charge in [0.25, 0.3) is 15.7 Å². The Hall–Kier alpha value is -4.07. The molecule has 1 aliphatic heterocycles. The summed E-state index contributed by atoms with van der Waals surface area (Å²) in [6.07, 6.45) is -3.78. The van der Waals surface area contributed by atoms with Crippen LogP contribution in [0, 0.1) is 6.92 Å². The van der Waals surface area contributed by atoms with Crippen molar-refractivity contribution < 1.29 is 36.4 Å². The molecule has 0 unspecified atom stereocenters. The molecule has 200 valence electrons. The smallest absolute Gasteiger partial charge is 0.338 e. The second-order valence-electron chi connectivity index (χ2n) is 8.51. The third-order valence-corrected chi connectivity index (χ3v) is 6.20. The van der Waals surface area contributed by atoms with Crippen LogP contribution >= 0.6 is 0 Å². The van der Waals surface area contributed by atoms with Crippen molar-refractivity contribution in [3.05, 3.63) is 104 Å². The number of aromatic nitrogens is 2. The fraction of sp³-hybridized carbons (Fsp3) is 0.280. The summed E-state index contributed by atoms with van der Waals surface area (Å²) in [5.41, 5.74) is -1.03. The molecule has 0 radical (unpaired) electrons. The van der Waals surface area contributed by atoms with E-state index in [4.69, 9.17) is 18.4 Å². The fourth-order valence-corrected chi connectivity index (χ4v) is 4.48. The van der Waals surface area contributed by atoms with Crippen molar-refractivity contribution in [1.29, 1.82) is 0 Å². The summed E-state index contributed by atoms with van der Waals surface area (Å²) in [4.78, 5) is 52.1. The van der Waals surface area contributed by atoms with Crippen LogP contribution in [-0.4, -0.2) is 61.1 Å². The summed E-state index contributed by atoms with van der Waals surface area (Å²) >= 11 is 0. The van der Waals surface area contributed by atoms with Crippen LogP contribution in [0.4, 0.5) is 0 Å². The largest absolute Gasteiger partial charge is 0.459 e. The first-order valence-corrected chi connectivity index (χ1v) is 13.2. The average Bonchev–Trinajstić information content (AvgIpc) is 3.20.